The maximum atomic E-state index is 11.4. The van der Waals surface area contributed by atoms with Gasteiger partial charge < -0.3 is 14.6 Å². The van der Waals surface area contributed by atoms with Gasteiger partial charge in [-0.05, 0) is 19.4 Å². The first kappa shape index (κ1) is 13.8. The summed E-state index contributed by atoms with van der Waals surface area (Å²) in [7, 11) is 1.43. The van der Waals surface area contributed by atoms with Gasteiger partial charge in [0.25, 0.3) is 0 Å². The average Bonchev–Trinajstić information content (AvgIpc) is 2.31. The summed E-state index contributed by atoms with van der Waals surface area (Å²) < 4.78 is 9.85. The van der Waals surface area contributed by atoms with Crippen molar-refractivity contribution < 1.29 is 19.4 Å². The molecule has 94 valence electrons. The molecule has 1 aromatic carbocycles. The first-order valence-electron chi connectivity index (χ1n) is 5.20. The fourth-order valence-electron chi connectivity index (χ4n) is 1.44. The summed E-state index contributed by atoms with van der Waals surface area (Å²) in [5.74, 6) is -0.419. The molecule has 0 amide bonds. The lowest BCUT2D eigenvalue weighted by Gasteiger charge is -2.15. The lowest BCUT2D eigenvalue weighted by Crippen LogP contribution is -2.16. The molecule has 0 bridgehead atoms. The summed E-state index contributed by atoms with van der Waals surface area (Å²) in [5, 5.41) is 10.2. The summed E-state index contributed by atoms with van der Waals surface area (Å²) in [6.07, 6.45) is -1.39. The van der Waals surface area contributed by atoms with Crippen molar-refractivity contribution in [2.24, 2.45) is 0 Å². The van der Waals surface area contributed by atoms with E-state index >= 15 is 0 Å². The maximum absolute atomic E-state index is 11.4. The Bertz CT molecular complexity index is 417. The van der Waals surface area contributed by atoms with Crippen molar-refractivity contribution in [3.8, 4) is 5.75 Å². The second kappa shape index (κ2) is 5.89. The normalized spacial score (nSPS) is 12.1. The van der Waals surface area contributed by atoms with Crippen LogP contribution in [0.2, 0.25) is 5.02 Å². The Morgan fingerprint density at radius 2 is 2.18 bits per heavy atom. The Balaban J connectivity index is 3.13. The predicted octanol–water partition coefficient (Wildman–Crippen LogP) is 2.25. The summed E-state index contributed by atoms with van der Waals surface area (Å²) in [6, 6.07) is 3.31. The Hall–Kier alpha value is -1.26. The van der Waals surface area contributed by atoms with E-state index in [0.717, 1.165) is 5.56 Å². The second-order valence-corrected chi connectivity index (χ2v) is 3.85. The molecule has 17 heavy (non-hydrogen) atoms. The second-order valence-electron chi connectivity index (χ2n) is 3.47. The molecule has 0 spiro atoms. The smallest absolute Gasteiger partial charge is 0.339 e. The Kier molecular flexibility index (Phi) is 4.78. The number of halogens is 1. The Morgan fingerprint density at radius 3 is 2.71 bits per heavy atom. The average molecular weight is 259 g/mol. The third kappa shape index (κ3) is 2.90. The number of carbonyl (C=O) groups is 1. The van der Waals surface area contributed by atoms with E-state index in [0.29, 0.717) is 16.3 Å². The number of aliphatic hydroxyl groups is 1. The third-order valence-corrected chi connectivity index (χ3v) is 2.80. The number of methoxy groups -OCH3 is 1. The van der Waals surface area contributed by atoms with Crippen LogP contribution >= 0.6 is 11.6 Å². The van der Waals surface area contributed by atoms with Crippen LogP contribution < -0.4 is 4.74 Å². The Morgan fingerprint density at radius 1 is 1.53 bits per heavy atom. The SMILES string of the molecule is CCOC(=O)C(O)c1ccc(C)c(Cl)c1OC. The van der Waals surface area contributed by atoms with Crippen LogP contribution in [0.4, 0.5) is 0 Å². The van der Waals surface area contributed by atoms with Crippen LogP contribution in [0.3, 0.4) is 0 Å². The van der Waals surface area contributed by atoms with E-state index in [1.54, 1.807) is 19.1 Å². The first-order valence-corrected chi connectivity index (χ1v) is 5.58. The fourth-order valence-corrected chi connectivity index (χ4v) is 1.69. The standard InChI is InChI=1S/C12H15ClO4/c1-4-17-12(15)10(14)8-6-5-7(2)9(13)11(8)16-3/h5-6,10,14H,4H2,1-3H3. The molecule has 1 atom stereocenters. The van der Waals surface area contributed by atoms with Crippen molar-refractivity contribution in [3.63, 3.8) is 0 Å². The van der Waals surface area contributed by atoms with Gasteiger partial charge >= 0.3 is 5.97 Å². The van der Waals surface area contributed by atoms with E-state index in [9.17, 15) is 9.90 Å². The highest BCUT2D eigenvalue weighted by Gasteiger charge is 2.24. The number of carbonyl (C=O) groups excluding carboxylic acids is 1. The molecule has 0 aromatic heterocycles. The number of rotatable bonds is 4. The fraction of sp³-hybridized carbons (Fsp3) is 0.417. The van der Waals surface area contributed by atoms with Crippen molar-refractivity contribution in [1.82, 2.24) is 0 Å². The van der Waals surface area contributed by atoms with E-state index in [1.807, 2.05) is 6.92 Å². The molecule has 1 rings (SSSR count). The van der Waals surface area contributed by atoms with Crippen LogP contribution in [-0.2, 0) is 9.53 Å². The molecule has 1 aromatic rings. The summed E-state index contributed by atoms with van der Waals surface area (Å²) >= 11 is 6.04. The number of ether oxygens (including phenoxy) is 2. The quantitative estimate of drug-likeness (QED) is 0.842. The van der Waals surface area contributed by atoms with Crippen molar-refractivity contribution in [1.29, 1.82) is 0 Å². The molecule has 0 saturated heterocycles. The number of esters is 1. The van der Waals surface area contributed by atoms with Gasteiger partial charge in [-0.25, -0.2) is 4.79 Å². The molecule has 0 aliphatic carbocycles. The monoisotopic (exact) mass is 258 g/mol. The van der Waals surface area contributed by atoms with Gasteiger partial charge in [-0.3, -0.25) is 0 Å². The molecule has 4 nitrogen and oxygen atoms in total. The van der Waals surface area contributed by atoms with Gasteiger partial charge in [0.15, 0.2) is 6.10 Å². The minimum Gasteiger partial charge on any atom is -0.495 e. The van der Waals surface area contributed by atoms with Gasteiger partial charge in [-0.2, -0.15) is 0 Å². The molecule has 5 heteroatoms. The molecule has 1 unspecified atom stereocenters. The van der Waals surface area contributed by atoms with E-state index in [-0.39, 0.29) is 6.61 Å². The van der Waals surface area contributed by atoms with Crippen LogP contribution in [0.5, 0.6) is 5.75 Å². The van der Waals surface area contributed by atoms with Crippen LogP contribution in [-0.4, -0.2) is 24.8 Å². The van der Waals surface area contributed by atoms with Gasteiger partial charge in [0, 0.05) is 5.56 Å². The Labute approximate surface area is 105 Å². The maximum Gasteiger partial charge on any atom is 0.339 e. The van der Waals surface area contributed by atoms with E-state index < -0.39 is 12.1 Å². The number of aliphatic hydroxyl groups excluding tert-OH is 1. The zero-order valence-corrected chi connectivity index (χ0v) is 10.7. The van der Waals surface area contributed by atoms with Crippen LogP contribution in [0, 0.1) is 6.92 Å². The molecule has 0 aliphatic rings. The molecule has 0 heterocycles. The van der Waals surface area contributed by atoms with Crippen molar-refractivity contribution in [2.75, 3.05) is 13.7 Å². The molecule has 0 aliphatic heterocycles. The van der Waals surface area contributed by atoms with E-state index in [2.05, 4.69) is 0 Å². The third-order valence-electron chi connectivity index (χ3n) is 2.33. The molecule has 0 saturated carbocycles. The summed E-state index contributed by atoms with van der Waals surface area (Å²) in [5.41, 5.74) is 1.12. The lowest BCUT2D eigenvalue weighted by atomic mass is 10.1. The summed E-state index contributed by atoms with van der Waals surface area (Å²) in [4.78, 5) is 11.4. The number of hydrogen-bond donors (Lipinski definition) is 1. The molecular formula is C12H15ClO4. The largest absolute Gasteiger partial charge is 0.495 e. The van der Waals surface area contributed by atoms with Crippen LogP contribution in [0.25, 0.3) is 0 Å². The van der Waals surface area contributed by atoms with Crippen molar-refractivity contribution in [3.05, 3.63) is 28.3 Å². The zero-order valence-electron chi connectivity index (χ0n) is 9.99. The minimum atomic E-state index is -1.39. The molecular weight excluding hydrogens is 244 g/mol. The highest BCUT2D eigenvalue weighted by Crippen LogP contribution is 2.35. The van der Waals surface area contributed by atoms with E-state index in [4.69, 9.17) is 21.1 Å². The van der Waals surface area contributed by atoms with Crippen molar-refractivity contribution >= 4 is 17.6 Å². The van der Waals surface area contributed by atoms with Gasteiger partial charge in [-0.1, -0.05) is 23.7 Å². The molecule has 0 fully saturated rings. The van der Waals surface area contributed by atoms with Gasteiger partial charge in [0.05, 0.1) is 18.7 Å². The van der Waals surface area contributed by atoms with Gasteiger partial charge in [0.2, 0.25) is 0 Å². The summed E-state index contributed by atoms with van der Waals surface area (Å²) in [6.45, 7) is 3.69. The topological polar surface area (TPSA) is 55.8 Å². The zero-order chi connectivity index (χ0) is 13.0. The number of aryl methyl sites for hydroxylation is 1. The highest BCUT2D eigenvalue weighted by atomic mass is 35.5. The van der Waals surface area contributed by atoms with E-state index in [1.165, 1.54) is 7.11 Å². The molecule has 1 N–H and O–H groups in total. The van der Waals surface area contributed by atoms with Crippen molar-refractivity contribution in [2.45, 2.75) is 20.0 Å². The number of hydrogen-bond acceptors (Lipinski definition) is 4. The van der Waals surface area contributed by atoms with Gasteiger partial charge in [0.1, 0.15) is 5.75 Å². The lowest BCUT2D eigenvalue weighted by molar-refractivity contribution is -0.153. The highest BCUT2D eigenvalue weighted by molar-refractivity contribution is 6.33. The van der Waals surface area contributed by atoms with Crippen LogP contribution in [0.1, 0.15) is 24.2 Å². The molecule has 0 radical (unpaired) electrons. The van der Waals surface area contributed by atoms with Crippen LogP contribution in [0.15, 0.2) is 12.1 Å². The number of benzene rings is 1. The minimum absolute atomic E-state index is 0.206. The van der Waals surface area contributed by atoms with Gasteiger partial charge in [-0.15, -0.1) is 0 Å². The first-order chi connectivity index (χ1) is 8.02. The predicted molar refractivity (Wildman–Crippen MR) is 64.3 cm³/mol.